The number of carbonyl (C=O) groups is 1. The fourth-order valence-electron chi connectivity index (χ4n) is 3.45. The molecule has 0 aromatic carbocycles. The smallest absolute Gasteiger partial charge is 0.348 e. The summed E-state index contributed by atoms with van der Waals surface area (Å²) in [4.78, 5) is 45.0. The summed E-state index contributed by atoms with van der Waals surface area (Å²) in [5.74, 6) is 0.944. The lowest BCUT2D eigenvalue weighted by Gasteiger charge is -2.31. The average molecular weight is 401 g/mol. The molecule has 3 aromatic heterocycles. The largest absolute Gasteiger partial charge is 0.465 e. The Bertz CT molecular complexity index is 1060. The summed E-state index contributed by atoms with van der Waals surface area (Å²) in [5.41, 5.74) is 0.413. The van der Waals surface area contributed by atoms with Crippen LogP contribution in [0.4, 0.5) is 5.95 Å². The van der Waals surface area contributed by atoms with Crippen LogP contribution in [0.1, 0.15) is 21.1 Å². The first-order chi connectivity index (χ1) is 13.6. The number of methoxy groups -OCH3 is 1. The van der Waals surface area contributed by atoms with Gasteiger partial charge in [0.05, 0.1) is 38.7 Å². The molecule has 28 heavy (non-hydrogen) atoms. The molecule has 0 amide bonds. The lowest BCUT2D eigenvalue weighted by molar-refractivity contribution is -0.915. The van der Waals surface area contributed by atoms with Crippen molar-refractivity contribution in [1.29, 1.82) is 0 Å². The molecule has 2 N–H and O–H groups in total. The quantitative estimate of drug-likeness (QED) is 0.582. The number of quaternary nitrogens is 1. The van der Waals surface area contributed by atoms with Gasteiger partial charge in [0.1, 0.15) is 16.3 Å². The van der Waals surface area contributed by atoms with Gasteiger partial charge in [0.2, 0.25) is 5.95 Å². The van der Waals surface area contributed by atoms with E-state index in [4.69, 9.17) is 4.74 Å². The Labute approximate surface area is 165 Å². The molecule has 3 aromatic rings. The Morgan fingerprint density at radius 1 is 1.32 bits per heavy atom. The number of nitrogens with one attached hydrogen (secondary N) is 2. The number of anilines is 1. The molecule has 1 aliphatic rings. The Morgan fingerprint density at radius 2 is 2.04 bits per heavy atom. The summed E-state index contributed by atoms with van der Waals surface area (Å²) < 4.78 is 4.80. The number of thiophene rings is 1. The van der Waals surface area contributed by atoms with E-state index in [0.717, 1.165) is 32.1 Å². The first-order valence-electron chi connectivity index (χ1n) is 9.03. The second-order valence-electron chi connectivity index (χ2n) is 6.70. The van der Waals surface area contributed by atoms with Crippen LogP contribution >= 0.6 is 11.3 Å². The van der Waals surface area contributed by atoms with Crippen molar-refractivity contribution in [3.8, 4) is 0 Å². The number of ether oxygens (including phenoxy) is 1. The number of hydrogen-bond donors (Lipinski definition) is 2. The molecule has 1 saturated heterocycles. The molecule has 0 aliphatic carbocycles. The molecule has 0 bridgehead atoms. The van der Waals surface area contributed by atoms with E-state index in [1.54, 1.807) is 25.4 Å². The van der Waals surface area contributed by atoms with Gasteiger partial charge in [-0.2, -0.15) is 0 Å². The molecule has 9 nitrogen and oxygen atoms in total. The highest BCUT2D eigenvalue weighted by molar-refractivity contribution is 7.20. The van der Waals surface area contributed by atoms with Gasteiger partial charge in [0, 0.05) is 12.4 Å². The van der Waals surface area contributed by atoms with E-state index in [1.165, 1.54) is 23.3 Å². The molecule has 0 spiro atoms. The van der Waals surface area contributed by atoms with Crippen LogP contribution in [0.25, 0.3) is 10.2 Å². The van der Waals surface area contributed by atoms with Gasteiger partial charge < -0.3 is 19.5 Å². The Balaban J connectivity index is 1.50. The molecule has 0 radical (unpaired) electrons. The van der Waals surface area contributed by atoms with Crippen LogP contribution in [0.5, 0.6) is 0 Å². The second-order valence-corrected chi connectivity index (χ2v) is 7.70. The standard InChI is InChI=1S/C18H20N6O3S/c1-11-13-15(25)21-12(22-16(13)28-14(11)17(26)27-2)10-23-6-8-24(9-7-23)18-19-4-3-5-20-18/h3-5H,6-10H2,1-2H3,(H,21,22,25)/p+1. The molecule has 146 valence electrons. The number of esters is 1. The first kappa shape index (κ1) is 18.5. The molecule has 0 saturated carbocycles. The van der Waals surface area contributed by atoms with E-state index in [-0.39, 0.29) is 5.56 Å². The number of piperazine rings is 1. The normalized spacial score (nSPS) is 15.1. The van der Waals surface area contributed by atoms with Crippen LogP contribution in [-0.2, 0) is 11.3 Å². The monoisotopic (exact) mass is 401 g/mol. The zero-order valence-electron chi connectivity index (χ0n) is 15.7. The van der Waals surface area contributed by atoms with Gasteiger partial charge in [0.25, 0.3) is 5.56 Å². The average Bonchev–Trinajstić information content (AvgIpc) is 3.05. The molecule has 0 atom stereocenters. The van der Waals surface area contributed by atoms with Gasteiger partial charge >= 0.3 is 5.97 Å². The van der Waals surface area contributed by atoms with Crippen molar-refractivity contribution in [3.63, 3.8) is 0 Å². The van der Waals surface area contributed by atoms with Gasteiger partial charge in [-0.25, -0.2) is 19.7 Å². The summed E-state index contributed by atoms with van der Waals surface area (Å²) >= 11 is 1.20. The van der Waals surface area contributed by atoms with E-state index in [0.29, 0.717) is 33.0 Å². The highest BCUT2D eigenvalue weighted by Gasteiger charge is 2.24. The minimum Gasteiger partial charge on any atom is -0.465 e. The van der Waals surface area contributed by atoms with Crippen molar-refractivity contribution in [2.24, 2.45) is 0 Å². The number of aromatic amines is 1. The Hall–Kier alpha value is -2.85. The highest BCUT2D eigenvalue weighted by atomic mass is 32.1. The maximum absolute atomic E-state index is 12.5. The Morgan fingerprint density at radius 3 is 2.71 bits per heavy atom. The van der Waals surface area contributed by atoms with Crippen molar-refractivity contribution in [3.05, 3.63) is 45.1 Å². The third-order valence-corrected chi connectivity index (χ3v) is 6.11. The number of aryl methyl sites for hydroxylation is 1. The number of rotatable bonds is 4. The molecule has 10 heteroatoms. The van der Waals surface area contributed by atoms with Crippen LogP contribution in [0.15, 0.2) is 23.3 Å². The van der Waals surface area contributed by atoms with Crippen LogP contribution < -0.4 is 15.4 Å². The molecule has 0 unspecified atom stereocenters. The number of hydrogen-bond acceptors (Lipinski definition) is 8. The van der Waals surface area contributed by atoms with E-state index in [2.05, 4.69) is 24.8 Å². The first-order valence-corrected chi connectivity index (χ1v) is 9.84. The van der Waals surface area contributed by atoms with Crippen molar-refractivity contribution < 1.29 is 14.4 Å². The van der Waals surface area contributed by atoms with Crippen molar-refractivity contribution in [2.75, 3.05) is 38.2 Å². The molecule has 4 rings (SSSR count). The third-order valence-electron chi connectivity index (χ3n) is 4.94. The fourth-order valence-corrected chi connectivity index (χ4v) is 4.57. The zero-order valence-corrected chi connectivity index (χ0v) is 16.5. The van der Waals surface area contributed by atoms with Crippen molar-refractivity contribution >= 4 is 33.5 Å². The lowest BCUT2D eigenvalue weighted by Crippen LogP contribution is -3.13. The van der Waals surface area contributed by atoms with E-state index < -0.39 is 5.97 Å². The van der Waals surface area contributed by atoms with Gasteiger partial charge in [-0.1, -0.05) is 0 Å². The predicted molar refractivity (Wildman–Crippen MR) is 105 cm³/mol. The van der Waals surface area contributed by atoms with E-state index >= 15 is 0 Å². The molecule has 1 aliphatic heterocycles. The van der Waals surface area contributed by atoms with Crippen LogP contribution in [0.3, 0.4) is 0 Å². The van der Waals surface area contributed by atoms with Crippen molar-refractivity contribution in [1.82, 2.24) is 19.9 Å². The molecular formula is C18H21N6O3S+. The highest BCUT2D eigenvalue weighted by Crippen LogP contribution is 2.27. The van der Waals surface area contributed by atoms with Gasteiger partial charge in [-0.05, 0) is 18.6 Å². The number of nitrogens with zero attached hydrogens (tertiary/aromatic N) is 4. The Kier molecular flexibility index (Phi) is 5.05. The van der Waals surface area contributed by atoms with Gasteiger partial charge in [-0.3, -0.25) is 4.79 Å². The number of fused-ring (bicyclic) bond motifs is 1. The third kappa shape index (κ3) is 3.48. The molecule has 1 fully saturated rings. The topological polar surface area (TPSA) is 106 Å². The number of aromatic nitrogens is 4. The molecular weight excluding hydrogens is 380 g/mol. The summed E-state index contributed by atoms with van der Waals surface area (Å²) in [6.45, 7) is 5.86. The van der Waals surface area contributed by atoms with Crippen LogP contribution in [0, 0.1) is 6.92 Å². The predicted octanol–water partition coefficient (Wildman–Crippen LogP) is -0.225. The fraction of sp³-hybridized carbons (Fsp3) is 0.389. The SMILES string of the molecule is COC(=O)c1sc2nc(C[NH+]3CCN(c4ncccn4)CC3)[nH]c(=O)c2c1C. The maximum atomic E-state index is 12.5. The summed E-state index contributed by atoms with van der Waals surface area (Å²) in [6.07, 6.45) is 3.49. The minimum atomic E-state index is -0.439. The van der Waals surface area contributed by atoms with Crippen LogP contribution in [-0.4, -0.2) is 59.2 Å². The lowest BCUT2D eigenvalue weighted by atomic mass is 10.2. The van der Waals surface area contributed by atoms with E-state index in [1.807, 2.05) is 0 Å². The second kappa shape index (κ2) is 7.64. The molecule has 4 heterocycles. The van der Waals surface area contributed by atoms with Gasteiger partial charge in [0.15, 0.2) is 5.82 Å². The maximum Gasteiger partial charge on any atom is 0.348 e. The van der Waals surface area contributed by atoms with Crippen LogP contribution in [0.2, 0.25) is 0 Å². The minimum absolute atomic E-state index is 0.209. The summed E-state index contributed by atoms with van der Waals surface area (Å²) in [7, 11) is 1.33. The summed E-state index contributed by atoms with van der Waals surface area (Å²) in [6, 6.07) is 1.81. The zero-order chi connectivity index (χ0) is 19.7. The number of H-pyrrole nitrogens is 1. The van der Waals surface area contributed by atoms with Crippen molar-refractivity contribution in [2.45, 2.75) is 13.5 Å². The summed E-state index contributed by atoms with van der Waals surface area (Å²) in [5, 5.41) is 0.468. The van der Waals surface area contributed by atoms with Gasteiger partial charge in [-0.15, -0.1) is 11.3 Å². The van der Waals surface area contributed by atoms with E-state index in [9.17, 15) is 9.59 Å². The number of carbonyl (C=O) groups excluding carboxylic acids is 1.